The summed E-state index contributed by atoms with van der Waals surface area (Å²) < 4.78 is 5.09. The predicted molar refractivity (Wildman–Crippen MR) is 78.4 cm³/mol. The summed E-state index contributed by atoms with van der Waals surface area (Å²) in [5.41, 5.74) is 1.95. The Balaban J connectivity index is 2.55. The van der Waals surface area contributed by atoms with Crippen LogP contribution in [0.5, 0.6) is 0 Å². The highest BCUT2D eigenvalue weighted by molar-refractivity contribution is 5.81. The number of rotatable bonds is 6. The summed E-state index contributed by atoms with van der Waals surface area (Å²) in [5, 5.41) is 6.10. The van der Waals surface area contributed by atoms with E-state index in [1.165, 1.54) is 0 Å². The van der Waals surface area contributed by atoms with E-state index in [2.05, 4.69) is 10.6 Å². The molecule has 0 saturated carbocycles. The van der Waals surface area contributed by atoms with Crippen molar-refractivity contribution < 1.29 is 9.53 Å². The van der Waals surface area contributed by atoms with Crippen molar-refractivity contribution in [2.45, 2.75) is 32.7 Å². The van der Waals surface area contributed by atoms with Crippen LogP contribution in [0.25, 0.3) is 0 Å². The van der Waals surface area contributed by atoms with Crippen molar-refractivity contribution in [3.8, 4) is 0 Å². The van der Waals surface area contributed by atoms with Crippen molar-refractivity contribution in [3.63, 3.8) is 0 Å². The lowest BCUT2D eigenvalue weighted by Crippen LogP contribution is -2.43. The zero-order chi connectivity index (χ0) is 14.3. The van der Waals surface area contributed by atoms with E-state index in [-0.39, 0.29) is 18.0 Å². The van der Waals surface area contributed by atoms with E-state index in [4.69, 9.17) is 4.74 Å². The van der Waals surface area contributed by atoms with Crippen molar-refractivity contribution in [1.29, 1.82) is 0 Å². The number of ether oxygens (including phenoxy) is 1. The lowest BCUT2D eigenvalue weighted by molar-refractivity contribution is -0.120. The number of nitrogens with one attached hydrogen (secondary N) is 2. The molecule has 0 aromatic heterocycles. The van der Waals surface area contributed by atoms with Crippen molar-refractivity contribution in [2.24, 2.45) is 0 Å². The van der Waals surface area contributed by atoms with Crippen LogP contribution in [-0.2, 0) is 16.0 Å². The van der Waals surface area contributed by atoms with Gasteiger partial charge < -0.3 is 15.4 Å². The topological polar surface area (TPSA) is 50.4 Å². The second kappa shape index (κ2) is 7.14. The van der Waals surface area contributed by atoms with E-state index in [0.29, 0.717) is 6.61 Å². The number of amides is 1. The van der Waals surface area contributed by atoms with Crippen LogP contribution >= 0.6 is 0 Å². The smallest absolute Gasteiger partial charge is 0.239 e. The maximum Gasteiger partial charge on any atom is 0.239 e. The summed E-state index contributed by atoms with van der Waals surface area (Å²) >= 11 is 0. The Labute approximate surface area is 115 Å². The van der Waals surface area contributed by atoms with E-state index in [0.717, 1.165) is 17.7 Å². The third-order valence-electron chi connectivity index (χ3n) is 2.55. The molecule has 4 nitrogen and oxygen atoms in total. The van der Waals surface area contributed by atoms with E-state index < -0.39 is 0 Å². The monoisotopic (exact) mass is 264 g/mol. The molecule has 1 rings (SSSR count). The van der Waals surface area contributed by atoms with Gasteiger partial charge in [0, 0.05) is 18.3 Å². The third kappa shape index (κ3) is 6.25. The van der Waals surface area contributed by atoms with Crippen LogP contribution in [0.15, 0.2) is 24.3 Å². The molecule has 0 radical (unpaired) electrons. The molecule has 0 atom stereocenters. The lowest BCUT2D eigenvalue weighted by atomic mass is 10.1. The van der Waals surface area contributed by atoms with E-state index in [1.807, 2.05) is 45.0 Å². The minimum atomic E-state index is -0.200. The number of carbonyl (C=O) groups excluding carboxylic acids is 1. The van der Waals surface area contributed by atoms with Crippen LogP contribution in [0.3, 0.4) is 0 Å². The van der Waals surface area contributed by atoms with Gasteiger partial charge in [-0.15, -0.1) is 0 Å². The van der Waals surface area contributed by atoms with Crippen LogP contribution < -0.4 is 10.6 Å². The van der Waals surface area contributed by atoms with Gasteiger partial charge in [0.1, 0.15) is 0 Å². The molecule has 0 heterocycles. The van der Waals surface area contributed by atoms with Crippen LogP contribution in [0.4, 0.5) is 5.69 Å². The highest BCUT2D eigenvalue weighted by Crippen LogP contribution is 2.15. The fourth-order valence-electron chi connectivity index (χ4n) is 1.76. The Bertz CT molecular complexity index is 411. The molecule has 19 heavy (non-hydrogen) atoms. The van der Waals surface area contributed by atoms with Crippen molar-refractivity contribution in [3.05, 3.63) is 29.8 Å². The number of carbonyl (C=O) groups is 1. The quantitative estimate of drug-likeness (QED) is 0.828. The van der Waals surface area contributed by atoms with Crippen LogP contribution in [0, 0.1) is 0 Å². The Kier molecular flexibility index (Phi) is 5.83. The molecule has 1 aromatic rings. The fraction of sp³-hybridized carbons (Fsp3) is 0.533. The molecule has 1 amide bonds. The fourth-order valence-corrected chi connectivity index (χ4v) is 1.76. The first-order valence-corrected chi connectivity index (χ1v) is 6.54. The molecule has 1 aromatic carbocycles. The average Bonchev–Trinajstić information content (AvgIpc) is 2.32. The van der Waals surface area contributed by atoms with Gasteiger partial charge in [0.05, 0.1) is 13.2 Å². The van der Waals surface area contributed by atoms with Gasteiger partial charge in [-0.1, -0.05) is 18.2 Å². The van der Waals surface area contributed by atoms with Crippen LogP contribution in [0.1, 0.15) is 26.3 Å². The summed E-state index contributed by atoms with van der Waals surface area (Å²) in [6.45, 7) is 6.86. The minimum absolute atomic E-state index is 0.00551. The first kappa shape index (κ1) is 15.5. The Hall–Kier alpha value is -1.55. The number of methoxy groups -OCH3 is 1. The van der Waals surface area contributed by atoms with Gasteiger partial charge in [0.25, 0.3) is 0 Å². The Morgan fingerprint density at radius 3 is 2.58 bits per heavy atom. The molecular weight excluding hydrogens is 240 g/mol. The molecule has 106 valence electrons. The molecular formula is C15H24N2O2. The summed E-state index contributed by atoms with van der Waals surface area (Å²) in [6, 6.07) is 7.98. The maximum absolute atomic E-state index is 11.8. The molecule has 4 heteroatoms. The second-order valence-electron chi connectivity index (χ2n) is 5.55. The van der Waals surface area contributed by atoms with Crippen molar-refractivity contribution >= 4 is 11.6 Å². The number of anilines is 1. The maximum atomic E-state index is 11.8. The SMILES string of the molecule is COCCc1ccccc1NCC(=O)NC(C)(C)C. The summed E-state index contributed by atoms with van der Waals surface area (Å²) in [4.78, 5) is 11.8. The zero-order valence-electron chi connectivity index (χ0n) is 12.2. The summed E-state index contributed by atoms with van der Waals surface area (Å²) in [5.74, 6) is -0.00551. The van der Waals surface area contributed by atoms with Gasteiger partial charge in [-0.2, -0.15) is 0 Å². The number of hydrogen-bond donors (Lipinski definition) is 2. The molecule has 0 unspecified atom stereocenters. The Morgan fingerprint density at radius 1 is 1.26 bits per heavy atom. The largest absolute Gasteiger partial charge is 0.384 e. The van der Waals surface area contributed by atoms with E-state index >= 15 is 0 Å². The van der Waals surface area contributed by atoms with Gasteiger partial charge in [0.2, 0.25) is 5.91 Å². The van der Waals surface area contributed by atoms with E-state index in [1.54, 1.807) is 7.11 Å². The Morgan fingerprint density at radius 2 is 1.95 bits per heavy atom. The second-order valence-corrected chi connectivity index (χ2v) is 5.55. The predicted octanol–water partition coefficient (Wildman–Crippen LogP) is 2.20. The number of benzene rings is 1. The molecule has 0 aliphatic rings. The van der Waals surface area contributed by atoms with E-state index in [9.17, 15) is 4.79 Å². The third-order valence-corrected chi connectivity index (χ3v) is 2.55. The highest BCUT2D eigenvalue weighted by atomic mass is 16.5. The van der Waals surface area contributed by atoms with Gasteiger partial charge in [-0.25, -0.2) is 0 Å². The molecule has 0 fully saturated rings. The molecule has 2 N–H and O–H groups in total. The standard InChI is InChI=1S/C15H24N2O2/c1-15(2,3)17-14(18)11-16-13-8-6-5-7-12(13)9-10-19-4/h5-8,16H,9-11H2,1-4H3,(H,17,18). The lowest BCUT2D eigenvalue weighted by Gasteiger charge is -2.21. The molecule has 0 aliphatic heterocycles. The molecule has 0 saturated heterocycles. The number of hydrogen-bond acceptors (Lipinski definition) is 3. The molecule has 0 spiro atoms. The average molecular weight is 264 g/mol. The highest BCUT2D eigenvalue weighted by Gasteiger charge is 2.13. The summed E-state index contributed by atoms with van der Waals surface area (Å²) in [6.07, 6.45) is 0.834. The zero-order valence-corrected chi connectivity index (χ0v) is 12.2. The summed E-state index contributed by atoms with van der Waals surface area (Å²) in [7, 11) is 1.69. The van der Waals surface area contributed by atoms with Gasteiger partial charge >= 0.3 is 0 Å². The normalized spacial score (nSPS) is 11.2. The van der Waals surface area contributed by atoms with Crippen molar-refractivity contribution in [1.82, 2.24) is 5.32 Å². The first-order valence-electron chi connectivity index (χ1n) is 6.54. The van der Waals surface area contributed by atoms with Gasteiger partial charge in [-0.05, 0) is 38.8 Å². The van der Waals surface area contributed by atoms with Crippen LogP contribution in [-0.4, -0.2) is 31.7 Å². The van der Waals surface area contributed by atoms with Gasteiger partial charge in [0.15, 0.2) is 0 Å². The minimum Gasteiger partial charge on any atom is -0.384 e. The first-order chi connectivity index (χ1) is 8.92. The molecule has 0 bridgehead atoms. The van der Waals surface area contributed by atoms with Crippen molar-refractivity contribution in [2.75, 3.05) is 25.6 Å². The van der Waals surface area contributed by atoms with Gasteiger partial charge in [-0.3, -0.25) is 4.79 Å². The number of para-hydroxylation sites is 1. The molecule has 0 aliphatic carbocycles. The van der Waals surface area contributed by atoms with Crippen LogP contribution in [0.2, 0.25) is 0 Å².